The van der Waals surface area contributed by atoms with Crippen molar-refractivity contribution in [3.05, 3.63) is 17.7 Å². The van der Waals surface area contributed by atoms with Crippen LogP contribution in [0.15, 0.2) is 6.17 Å². The molecule has 0 unspecified atom stereocenters. The molecule has 1 aromatic heterocycles. The Bertz CT molecular complexity index is 524. The zero-order chi connectivity index (χ0) is 15.1. The molecule has 0 saturated carbocycles. The van der Waals surface area contributed by atoms with Crippen LogP contribution in [0.2, 0.25) is 0 Å². The second kappa shape index (κ2) is 4.28. The van der Waals surface area contributed by atoms with Gasteiger partial charge in [-0.05, 0) is 19.8 Å². The summed E-state index contributed by atoms with van der Waals surface area (Å²) in [6, 6.07) is 0. The van der Waals surface area contributed by atoms with Crippen LogP contribution in [0.5, 0.6) is 0 Å². The highest BCUT2D eigenvalue weighted by molar-refractivity contribution is 5.74. The van der Waals surface area contributed by atoms with Crippen LogP contribution in [0, 0.1) is 18.8 Å². The van der Waals surface area contributed by atoms with E-state index in [0.29, 0.717) is 24.4 Å². The third-order valence-corrected chi connectivity index (χ3v) is 3.15. The average molecular weight is 226 g/mol. The molecule has 1 aliphatic heterocycles. The Hall–Kier alpha value is -1.32. The summed E-state index contributed by atoms with van der Waals surface area (Å²) < 4.78 is 36.7. The number of aryl methyl sites for hydroxylation is 1. The number of carbonyl (C=O) groups is 1. The highest BCUT2D eigenvalue weighted by atomic mass is 16.5. The molecule has 0 radical (unpaired) electrons. The zero-order valence-electron chi connectivity index (χ0n) is 13.5. The Morgan fingerprint density at radius 2 is 2.62 bits per heavy atom. The van der Waals surface area contributed by atoms with E-state index in [4.69, 9.17) is 10.2 Å². The summed E-state index contributed by atoms with van der Waals surface area (Å²) in [6.45, 7) is 1.39. The predicted molar refractivity (Wildman–Crippen MR) is 59.9 cm³/mol. The van der Waals surface area contributed by atoms with Gasteiger partial charge in [0.1, 0.15) is 5.82 Å². The molecule has 2 rings (SSSR count). The molecular formula is C12H18N2O2. The van der Waals surface area contributed by atoms with Gasteiger partial charge in [0.05, 0.1) is 13.9 Å². The van der Waals surface area contributed by atoms with Crippen molar-refractivity contribution in [2.24, 2.45) is 18.8 Å². The third-order valence-electron chi connectivity index (χ3n) is 3.15. The van der Waals surface area contributed by atoms with E-state index in [1.807, 2.05) is 6.92 Å². The minimum Gasteiger partial charge on any atom is -0.465 e. The molecule has 0 aromatic carbocycles. The lowest BCUT2D eigenvalue weighted by Crippen LogP contribution is -2.18. The fourth-order valence-electron chi connectivity index (χ4n) is 2.13. The maximum Gasteiger partial charge on any atom is 0.309 e. The van der Waals surface area contributed by atoms with Gasteiger partial charge < -0.3 is 9.30 Å². The van der Waals surface area contributed by atoms with Crippen LogP contribution in [0.4, 0.5) is 0 Å². The molecule has 2 heterocycles. The highest BCUT2D eigenvalue weighted by Crippen LogP contribution is 2.28. The Morgan fingerprint density at radius 3 is 3.31 bits per heavy atom. The van der Waals surface area contributed by atoms with Gasteiger partial charge in [-0.1, -0.05) is 6.92 Å². The summed E-state index contributed by atoms with van der Waals surface area (Å²) >= 11 is 0. The monoisotopic (exact) mass is 226 g/mol. The smallest absolute Gasteiger partial charge is 0.309 e. The van der Waals surface area contributed by atoms with Gasteiger partial charge in [-0.2, -0.15) is 0 Å². The molecule has 0 aliphatic carbocycles. The number of imidazole rings is 1. The predicted octanol–water partition coefficient (Wildman–Crippen LogP) is 1.47. The Morgan fingerprint density at radius 1 is 1.81 bits per heavy atom. The molecule has 1 saturated heterocycles. The van der Waals surface area contributed by atoms with Crippen molar-refractivity contribution in [1.82, 2.24) is 9.55 Å². The zero-order valence-corrected chi connectivity index (χ0v) is 9.49. The van der Waals surface area contributed by atoms with E-state index in [9.17, 15) is 4.79 Å². The maximum absolute atomic E-state index is 11.6. The second-order valence-electron chi connectivity index (χ2n) is 4.16. The lowest BCUT2D eigenvalue weighted by molar-refractivity contribution is -0.141. The van der Waals surface area contributed by atoms with Crippen LogP contribution in [-0.2, 0) is 22.9 Å². The molecular weight excluding hydrogens is 204 g/mol. The lowest BCUT2D eigenvalue weighted by Gasteiger charge is -2.13. The van der Waals surface area contributed by atoms with Gasteiger partial charge >= 0.3 is 5.97 Å². The number of aromatic nitrogens is 2. The number of cyclic esters (lactones) is 1. The average Bonchev–Trinajstić information content (AvgIpc) is 2.80. The molecule has 0 bridgehead atoms. The molecule has 4 nitrogen and oxygen atoms in total. The van der Waals surface area contributed by atoms with Crippen molar-refractivity contribution >= 4 is 5.97 Å². The molecule has 4 heteroatoms. The van der Waals surface area contributed by atoms with Crippen LogP contribution in [-0.4, -0.2) is 22.1 Å². The topological polar surface area (TPSA) is 44.1 Å². The number of rotatable bonds is 3. The van der Waals surface area contributed by atoms with E-state index >= 15 is 0 Å². The standard InChI is InChI=1S/C12H18N2O2/c1-4-11-9(7-16-12(11)15)5-10-6-13-8(2)14(10)3/h6,9,11H,4-5,7H2,1-3H3/t9-,11-/m0/s1/i3D3,6D. The second-order valence-corrected chi connectivity index (χ2v) is 4.16. The quantitative estimate of drug-likeness (QED) is 0.733. The largest absolute Gasteiger partial charge is 0.465 e. The minimum absolute atomic E-state index is 0.0344. The van der Waals surface area contributed by atoms with Gasteiger partial charge in [0.25, 0.3) is 0 Å². The van der Waals surface area contributed by atoms with Gasteiger partial charge in [-0.15, -0.1) is 0 Å². The molecule has 1 aliphatic rings. The summed E-state index contributed by atoms with van der Waals surface area (Å²) in [6.07, 6.45) is 0.938. The minimum atomic E-state index is -2.36. The van der Waals surface area contributed by atoms with Crippen molar-refractivity contribution in [3.8, 4) is 0 Å². The van der Waals surface area contributed by atoms with E-state index in [1.165, 1.54) is 0 Å². The van der Waals surface area contributed by atoms with E-state index in [1.54, 1.807) is 6.92 Å². The summed E-state index contributed by atoms with van der Waals surface area (Å²) in [5.74, 6) is -0.257. The summed E-state index contributed by atoms with van der Waals surface area (Å²) in [7, 11) is 0. The van der Waals surface area contributed by atoms with Crippen molar-refractivity contribution in [2.75, 3.05) is 6.61 Å². The van der Waals surface area contributed by atoms with Gasteiger partial charge in [0.2, 0.25) is 0 Å². The molecule has 1 fully saturated rings. The van der Waals surface area contributed by atoms with Gasteiger partial charge in [-0.3, -0.25) is 4.79 Å². The number of hydrogen-bond acceptors (Lipinski definition) is 3. The molecule has 2 atom stereocenters. The number of nitrogens with zero attached hydrogens (tertiary/aromatic N) is 2. The van der Waals surface area contributed by atoms with E-state index < -0.39 is 6.98 Å². The van der Waals surface area contributed by atoms with Crippen LogP contribution in [0.3, 0.4) is 0 Å². The van der Waals surface area contributed by atoms with Gasteiger partial charge in [-0.25, -0.2) is 4.98 Å². The fourth-order valence-corrected chi connectivity index (χ4v) is 2.13. The maximum atomic E-state index is 11.6. The van der Waals surface area contributed by atoms with Gasteiger partial charge in [0.15, 0.2) is 0 Å². The fraction of sp³-hybridized carbons (Fsp3) is 0.667. The van der Waals surface area contributed by atoms with Crippen LogP contribution in [0.25, 0.3) is 0 Å². The summed E-state index contributed by atoms with van der Waals surface area (Å²) in [5.41, 5.74) is 0.351. The Labute approximate surface area is 101 Å². The van der Waals surface area contributed by atoms with Crippen molar-refractivity contribution in [1.29, 1.82) is 0 Å². The summed E-state index contributed by atoms with van der Waals surface area (Å²) in [4.78, 5) is 15.5. The van der Waals surface area contributed by atoms with Crippen LogP contribution in [0.1, 0.15) is 30.3 Å². The Kier molecular flexibility index (Phi) is 1.90. The number of ether oxygens (including phenoxy) is 1. The number of carbonyl (C=O) groups excluding carboxylic acids is 1. The highest BCUT2D eigenvalue weighted by Gasteiger charge is 2.35. The molecule has 88 valence electrons. The van der Waals surface area contributed by atoms with E-state index in [2.05, 4.69) is 4.98 Å². The Balaban J connectivity index is 2.32. The summed E-state index contributed by atoms with van der Waals surface area (Å²) in [5, 5.41) is 0. The number of esters is 1. The van der Waals surface area contributed by atoms with Gasteiger partial charge in [0, 0.05) is 28.9 Å². The first-order chi connectivity index (χ1) is 9.25. The first-order valence-corrected chi connectivity index (χ1v) is 5.47. The van der Waals surface area contributed by atoms with Crippen molar-refractivity contribution < 1.29 is 15.0 Å². The van der Waals surface area contributed by atoms with Crippen LogP contribution >= 0.6 is 0 Å². The normalized spacial score (nSPS) is 29.2. The molecule has 0 N–H and O–H groups in total. The van der Waals surface area contributed by atoms with E-state index in [0.717, 1.165) is 4.57 Å². The van der Waals surface area contributed by atoms with Crippen molar-refractivity contribution in [3.63, 3.8) is 0 Å². The van der Waals surface area contributed by atoms with Crippen molar-refractivity contribution in [2.45, 2.75) is 26.7 Å². The first-order valence-electron chi connectivity index (χ1n) is 7.47. The number of hydrogen-bond donors (Lipinski definition) is 0. The van der Waals surface area contributed by atoms with Crippen LogP contribution < -0.4 is 0 Å². The third kappa shape index (κ3) is 1.84. The molecule has 1 aromatic rings. The molecule has 0 amide bonds. The first kappa shape index (κ1) is 7.09. The van der Waals surface area contributed by atoms with E-state index in [-0.39, 0.29) is 30.6 Å². The molecule has 16 heavy (non-hydrogen) atoms. The molecule has 0 spiro atoms. The lowest BCUT2D eigenvalue weighted by atomic mass is 9.89. The SMILES string of the molecule is [2H]c1nc(C)n(C([2H])([2H])[2H])c1C[C@H]1COC(=O)[C@H]1CC.